The Morgan fingerprint density at radius 3 is 2.67 bits per heavy atom. The van der Waals surface area contributed by atoms with Gasteiger partial charge in [-0.05, 0) is 40.5 Å². The maximum atomic E-state index is 9.19. The van der Waals surface area contributed by atoms with E-state index >= 15 is 0 Å². The third kappa shape index (κ3) is 1.89. The first-order valence-electron chi connectivity index (χ1n) is 4.64. The molecule has 0 atom stereocenters. The van der Waals surface area contributed by atoms with Gasteiger partial charge in [-0.15, -0.1) is 11.3 Å². The number of aliphatic hydroxyl groups excluding tert-OH is 1. The monoisotopic (exact) mass is 285 g/mol. The van der Waals surface area contributed by atoms with Gasteiger partial charge in [-0.25, -0.2) is 0 Å². The van der Waals surface area contributed by atoms with Gasteiger partial charge in [0.1, 0.15) is 0 Å². The molecule has 0 aliphatic carbocycles. The van der Waals surface area contributed by atoms with Crippen LogP contribution >= 0.6 is 27.3 Å². The average Bonchev–Trinajstić information content (AvgIpc) is 2.74. The summed E-state index contributed by atoms with van der Waals surface area (Å²) in [7, 11) is 2.03. The van der Waals surface area contributed by atoms with Gasteiger partial charge in [0.2, 0.25) is 0 Å². The molecule has 2 nitrogen and oxygen atoms in total. The minimum Gasteiger partial charge on any atom is -0.392 e. The Morgan fingerprint density at radius 1 is 1.47 bits per heavy atom. The van der Waals surface area contributed by atoms with E-state index in [1.807, 2.05) is 20.0 Å². The van der Waals surface area contributed by atoms with Gasteiger partial charge < -0.3 is 9.67 Å². The number of hydrogen-bond donors (Lipinski definition) is 1. The molecule has 0 aliphatic rings. The van der Waals surface area contributed by atoms with Crippen LogP contribution in [0.5, 0.6) is 0 Å². The zero-order valence-electron chi connectivity index (χ0n) is 8.62. The normalized spacial score (nSPS) is 10.9. The molecular formula is C11H12BrNOS. The van der Waals surface area contributed by atoms with Crippen molar-refractivity contribution in [3.8, 4) is 10.6 Å². The Labute approximate surface area is 101 Å². The number of halogens is 1. The van der Waals surface area contributed by atoms with Gasteiger partial charge in [-0.3, -0.25) is 0 Å². The summed E-state index contributed by atoms with van der Waals surface area (Å²) in [6.45, 7) is 2.13. The third-order valence-electron chi connectivity index (χ3n) is 2.63. The lowest BCUT2D eigenvalue weighted by Crippen LogP contribution is -1.94. The van der Waals surface area contributed by atoms with E-state index < -0.39 is 0 Å². The Balaban J connectivity index is 2.53. The van der Waals surface area contributed by atoms with E-state index in [1.165, 1.54) is 4.88 Å². The van der Waals surface area contributed by atoms with Gasteiger partial charge >= 0.3 is 0 Å². The Bertz CT molecular complexity index is 487. The lowest BCUT2D eigenvalue weighted by molar-refractivity contribution is 0.281. The number of aromatic nitrogens is 1. The summed E-state index contributed by atoms with van der Waals surface area (Å²) in [5, 5.41) is 11.3. The number of nitrogens with zero attached hydrogens (tertiary/aromatic N) is 1. The smallest absolute Gasteiger partial charge is 0.0699 e. The highest BCUT2D eigenvalue weighted by Gasteiger charge is 2.11. The second-order valence-corrected chi connectivity index (χ2v) is 5.31. The number of aliphatic hydroxyl groups is 1. The van der Waals surface area contributed by atoms with Crippen molar-refractivity contribution in [3.63, 3.8) is 0 Å². The molecule has 0 fully saturated rings. The van der Waals surface area contributed by atoms with Gasteiger partial charge in [0.15, 0.2) is 0 Å². The summed E-state index contributed by atoms with van der Waals surface area (Å²) in [5.74, 6) is 0. The molecule has 0 saturated heterocycles. The zero-order chi connectivity index (χ0) is 11.0. The van der Waals surface area contributed by atoms with Crippen LogP contribution in [0.4, 0.5) is 0 Å². The molecule has 2 aromatic rings. The first kappa shape index (κ1) is 10.9. The summed E-state index contributed by atoms with van der Waals surface area (Å²) in [6, 6.07) is 4.15. The fourth-order valence-electron chi connectivity index (χ4n) is 1.61. The standard InChI is InChI=1S/C11H12BrNOS/c1-7-8(5-14)3-10(13(7)2)11-4-9(12)6-15-11/h3-4,6,14H,5H2,1-2H3. The van der Waals surface area contributed by atoms with Crippen LogP contribution in [0.2, 0.25) is 0 Å². The second-order valence-electron chi connectivity index (χ2n) is 3.49. The van der Waals surface area contributed by atoms with Crippen molar-refractivity contribution in [1.82, 2.24) is 4.57 Å². The van der Waals surface area contributed by atoms with Crippen LogP contribution in [0, 0.1) is 6.92 Å². The van der Waals surface area contributed by atoms with Crippen LogP contribution in [0.15, 0.2) is 22.0 Å². The molecule has 2 aromatic heterocycles. The zero-order valence-corrected chi connectivity index (χ0v) is 11.0. The molecule has 0 aromatic carbocycles. The molecule has 4 heteroatoms. The summed E-state index contributed by atoms with van der Waals surface area (Å²) in [5.41, 5.74) is 3.28. The van der Waals surface area contributed by atoms with E-state index in [2.05, 4.69) is 31.9 Å². The van der Waals surface area contributed by atoms with Crippen molar-refractivity contribution >= 4 is 27.3 Å². The predicted molar refractivity (Wildman–Crippen MR) is 67.1 cm³/mol. The molecular weight excluding hydrogens is 274 g/mol. The minimum absolute atomic E-state index is 0.103. The molecule has 15 heavy (non-hydrogen) atoms. The van der Waals surface area contributed by atoms with Crippen LogP contribution in [0.1, 0.15) is 11.3 Å². The average molecular weight is 286 g/mol. The molecule has 0 amide bonds. The number of hydrogen-bond acceptors (Lipinski definition) is 2. The first-order chi connectivity index (χ1) is 7.13. The highest BCUT2D eigenvalue weighted by atomic mass is 79.9. The quantitative estimate of drug-likeness (QED) is 0.900. The van der Waals surface area contributed by atoms with E-state index in [0.717, 1.165) is 21.4 Å². The molecule has 0 aliphatic heterocycles. The van der Waals surface area contributed by atoms with Crippen LogP contribution in [0.25, 0.3) is 10.6 Å². The van der Waals surface area contributed by atoms with Crippen molar-refractivity contribution in [1.29, 1.82) is 0 Å². The van der Waals surface area contributed by atoms with E-state index in [1.54, 1.807) is 11.3 Å². The number of thiophene rings is 1. The van der Waals surface area contributed by atoms with Crippen molar-refractivity contribution in [2.24, 2.45) is 7.05 Å². The molecule has 0 bridgehead atoms. The highest BCUT2D eigenvalue weighted by molar-refractivity contribution is 9.10. The van der Waals surface area contributed by atoms with Gasteiger partial charge in [-0.2, -0.15) is 0 Å². The van der Waals surface area contributed by atoms with Crippen molar-refractivity contribution in [3.05, 3.63) is 33.2 Å². The Kier molecular flexibility index (Phi) is 3.00. The van der Waals surface area contributed by atoms with Crippen molar-refractivity contribution in [2.75, 3.05) is 0 Å². The van der Waals surface area contributed by atoms with Crippen LogP contribution in [-0.2, 0) is 13.7 Å². The third-order valence-corrected chi connectivity index (χ3v) is 4.34. The highest BCUT2D eigenvalue weighted by Crippen LogP contribution is 2.32. The SMILES string of the molecule is Cc1c(CO)cc(-c2cc(Br)cs2)n1C. The minimum atomic E-state index is 0.103. The lowest BCUT2D eigenvalue weighted by atomic mass is 10.2. The first-order valence-corrected chi connectivity index (χ1v) is 6.31. The Morgan fingerprint density at radius 2 is 2.20 bits per heavy atom. The predicted octanol–water partition coefficient (Wildman–Crippen LogP) is 3.32. The molecule has 2 heterocycles. The Hall–Kier alpha value is -0.580. The van der Waals surface area contributed by atoms with Crippen LogP contribution in [-0.4, -0.2) is 9.67 Å². The summed E-state index contributed by atoms with van der Waals surface area (Å²) >= 11 is 5.15. The van der Waals surface area contributed by atoms with E-state index in [-0.39, 0.29) is 6.61 Å². The maximum Gasteiger partial charge on any atom is 0.0699 e. The molecule has 80 valence electrons. The molecule has 0 unspecified atom stereocenters. The van der Waals surface area contributed by atoms with Crippen LogP contribution in [0.3, 0.4) is 0 Å². The summed E-state index contributed by atoms with van der Waals surface area (Å²) in [6.07, 6.45) is 0. The van der Waals surface area contributed by atoms with Gasteiger partial charge in [-0.1, -0.05) is 0 Å². The largest absolute Gasteiger partial charge is 0.392 e. The van der Waals surface area contributed by atoms with Crippen LogP contribution < -0.4 is 0 Å². The second kappa shape index (κ2) is 4.12. The summed E-state index contributed by atoms with van der Waals surface area (Å²) < 4.78 is 3.22. The molecule has 0 saturated carbocycles. The fourth-order valence-corrected chi connectivity index (χ4v) is 3.09. The molecule has 0 spiro atoms. The maximum absolute atomic E-state index is 9.19. The van der Waals surface area contributed by atoms with Crippen molar-refractivity contribution in [2.45, 2.75) is 13.5 Å². The van der Waals surface area contributed by atoms with Gasteiger partial charge in [0, 0.05) is 22.6 Å². The van der Waals surface area contributed by atoms with E-state index in [4.69, 9.17) is 0 Å². The van der Waals surface area contributed by atoms with E-state index in [0.29, 0.717) is 0 Å². The topological polar surface area (TPSA) is 25.2 Å². The molecule has 1 N–H and O–H groups in total. The fraction of sp³-hybridized carbons (Fsp3) is 0.273. The lowest BCUT2D eigenvalue weighted by Gasteiger charge is -2.02. The molecule has 0 radical (unpaired) electrons. The van der Waals surface area contributed by atoms with E-state index in [9.17, 15) is 5.11 Å². The molecule has 2 rings (SSSR count). The van der Waals surface area contributed by atoms with Gasteiger partial charge in [0.25, 0.3) is 0 Å². The van der Waals surface area contributed by atoms with Gasteiger partial charge in [0.05, 0.1) is 17.2 Å². The number of rotatable bonds is 2. The van der Waals surface area contributed by atoms with Crippen molar-refractivity contribution < 1.29 is 5.11 Å². The summed E-state index contributed by atoms with van der Waals surface area (Å²) in [4.78, 5) is 1.21.